The Morgan fingerprint density at radius 1 is 1.18 bits per heavy atom. The Hall–Kier alpha value is -2.57. The predicted octanol–water partition coefficient (Wildman–Crippen LogP) is 4.50. The molecule has 0 heterocycles. The summed E-state index contributed by atoms with van der Waals surface area (Å²) < 4.78 is 0. The molecule has 110 valence electrons. The molecule has 0 saturated heterocycles. The van der Waals surface area contributed by atoms with Crippen LogP contribution in [0.15, 0.2) is 48.0 Å². The van der Waals surface area contributed by atoms with Gasteiger partial charge in [-0.05, 0) is 48.7 Å². The summed E-state index contributed by atoms with van der Waals surface area (Å²) in [5.74, 6) is -0.448. The summed E-state index contributed by atoms with van der Waals surface area (Å²) in [5.41, 5.74) is 3.27. The van der Waals surface area contributed by atoms with Crippen LogP contribution in [0.3, 0.4) is 0 Å². The van der Waals surface area contributed by atoms with Gasteiger partial charge in [0.15, 0.2) is 0 Å². The third-order valence-electron chi connectivity index (χ3n) is 3.37. The minimum atomic E-state index is -0.448. The van der Waals surface area contributed by atoms with Crippen LogP contribution < -0.4 is 5.32 Å². The molecule has 0 atom stereocenters. The highest BCUT2D eigenvalue weighted by Gasteiger charge is 2.12. The third kappa shape index (κ3) is 3.55. The Morgan fingerprint density at radius 2 is 1.91 bits per heavy atom. The summed E-state index contributed by atoms with van der Waals surface area (Å²) in [4.78, 5) is 12.3. The first kappa shape index (κ1) is 15.8. The molecule has 0 fully saturated rings. The molecule has 0 aromatic heterocycles. The third-order valence-corrected chi connectivity index (χ3v) is 3.78. The van der Waals surface area contributed by atoms with E-state index in [-0.39, 0.29) is 5.57 Å². The molecular formula is C18H15ClN2O. The van der Waals surface area contributed by atoms with E-state index >= 15 is 0 Å². The van der Waals surface area contributed by atoms with Crippen molar-refractivity contribution in [1.29, 1.82) is 5.26 Å². The lowest BCUT2D eigenvalue weighted by Gasteiger charge is -2.09. The Bertz CT molecular complexity index is 788. The zero-order valence-electron chi connectivity index (χ0n) is 12.4. The van der Waals surface area contributed by atoms with Crippen LogP contribution in [0.5, 0.6) is 0 Å². The number of hydrogen-bond donors (Lipinski definition) is 1. The lowest BCUT2D eigenvalue weighted by Crippen LogP contribution is -2.14. The van der Waals surface area contributed by atoms with E-state index in [1.54, 1.807) is 24.3 Å². The van der Waals surface area contributed by atoms with Crippen molar-refractivity contribution in [2.75, 3.05) is 5.32 Å². The van der Waals surface area contributed by atoms with E-state index in [2.05, 4.69) is 5.32 Å². The number of hydrogen-bond acceptors (Lipinski definition) is 2. The molecule has 4 heteroatoms. The molecule has 0 unspecified atom stereocenters. The Balaban J connectivity index is 2.29. The van der Waals surface area contributed by atoms with Crippen molar-refractivity contribution < 1.29 is 4.79 Å². The molecule has 1 N–H and O–H groups in total. The van der Waals surface area contributed by atoms with E-state index in [9.17, 15) is 10.1 Å². The van der Waals surface area contributed by atoms with Gasteiger partial charge in [-0.2, -0.15) is 5.26 Å². The molecule has 0 saturated carbocycles. The van der Waals surface area contributed by atoms with Crippen LogP contribution in [0.25, 0.3) is 6.08 Å². The van der Waals surface area contributed by atoms with Crippen LogP contribution in [-0.2, 0) is 4.79 Å². The van der Waals surface area contributed by atoms with Gasteiger partial charge in [-0.15, -0.1) is 0 Å². The van der Waals surface area contributed by atoms with Crippen molar-refractivity contribution >= 4 is 29.3 Å². The van der Waals surface area contributed by atoms with Crippen LogP contribution in [0.2, 0.25) is 5.02 Å². The predicted molar refractivity (Wildman–Crippen MR) is 89.6 cm³/mol. The number of rotatable bonds is 3. The number of benzene rings is 2. The van der Waals surface area contributed by atoms with Gasteiger partial charge >= 0.3 is 0 Å². The first-order chi connectivity index (χ1) is 10.5. The first-order valence-electron chi connectivity index (χ1n) is 6.77. The van der Waals surface area contributed by atoms with E-state index < -0.39 is 5.91 Å². The zero-order chi connectivity index (χ0) is 16.1. The largest absolute Gasteiger partial charge is 0.321 e. The maximum absolute atomic E-state index is 12.3. The Morgan fingerprint density at radius 3 is 2.59 bits per heavy atom. The average Bonchev–Trinajstić information content (AvgIpc) is 2.51. The summed E-state index contributed by atoms with van der Waals surface area (Å²) in [6, 6.07) is 14.8. The fourth-order valence-corrected chi connectivity index (χ4v) is 2.16. The second-order valence-corrected chi connectivity index (χ2v) is 5.30. The van der Waals surface area contributed by atoms with E-state index in [4.69, 9.17) is 11.6 Å². The van der Waals surface area contributed by atoms with Gasteiger partial charge in [-0.25, -0.2) is 0 Å². The van der Waals surface area contributed by atoms with Gasteiger partial charge in [0, 0.05) is 10.7 Å². The monoisotopic (exact) mass is 310 g/mol. The van der Waals surface area contributed by atoms with Crippen LogP contribution in [0, 0.1) is 25.2 Å². The number of nitriles is 1. The average molecular weight is 311 g/mol. The van der Waals surface area contributed by atoms with Gasteiger partial charge in [-0.1, -0.05) is 41.9 Å². The molecule has 1 amide bonds. The minimum Gasteiger partial charge on any atom is -0.321 e. The minimum absolute atomic E-state index is 0.0497. The van der Waals surface area contributed by atoms with Crippen molar-refractivity contribution in [1.82, 2.24) is 0 Å². The molecular weight excluding hydrogens is 296 g/mol. The number of anilines is 1. The summed E-state index contributed by atoms with van der Waals surface area (Å²) in [6.07, 6.45) is 1.59. The van der Waals surface area contributed by atoms with Crippen molar-refractivity contribution in [2.24, 2.45) is 0 Å². The smallest absolute Gasteiger partial charge is 0.266 e. The van der Waals surface area contributed by atoms with E-state index in [0.717, 1.165) is 16.7 Å². The number of nitrogens with zero attached hydrogens (tertiary/aromatic N) is 1. The molecule has 22 heavy (non-hydrogen) atoms. The van der Waals surface area contributed by atoms with E-state index in [0.29, 0.717) is 10.7 Å². The maximum Gasteiger partial charge on any atom is 0.266 e. The molecule has 0 radical (unpaired) electrons. The normalized spacial score (nSPS) is 10.9. The van der Waals surface area contributed by atoms with E-state index in [1.165, 1.54) is 0 Å². The zero-order valence-corrected chi connectivity index (χ0v) is 13.1. The topological polar surface area (TPSA) is 52.9 Å². The quantitative estimate of drug-likeness (QED) is 0.670. The van der Waals surface area contributed by atoms with Gasteiger partial charge in [0.05, 0.1) is 0 Å². The molecule has 0 aliphatic heterocycles. The molecule has 2 aromatic rings. The molecule has 3 nitrogen and oxygen atoms in total. The number of carbonyl (C=O) groups excluding carboxylic acids is 1. The number of aryl methyl sites for hydroxylation is 1. The molecule has 0 spiro atoms. The SMILES string of the molecule is Cc1ccccc1/C=C(\C#N)C(=O)Nc1cccc(Cl)c1C. The first-order valence-corrected chi connectivity index (χ1v) is 7.14. The van der Waals surface area contributed by atoms with Crippen LogP contribution in [0.1, 0.15) is 16.7 Å². The fraction of sp³-hybridized carbons (Fsp3) is 0.111. The Kier molecular flexibility index (Phi) is 4.98. The molecule has 0 aliphatic carbocycles. The van der Waals surface area contributed by atoms with Gasteiger partial charge < -0.3 is 5.32 Å². The second kappa shape index (κ2) is 6.93. The summed E-state index contributed by atoms with van der Waals surface area (Å²) in [7, 11) is 0. The van der Waals surface area contributed by atoms with Crippen molar-refractivity contribution in [3.63, 3.8) is 0 Å². The summed E-state index contributed by atoms with van der Waals surface area (Å²) >= 11 is 6.03. The second-order valence-electron chi connectivity index (χ2n) is 4.89. The molecule has 2 aromatic carbocycles. The molecule has 0 bridgehead atoms. The lowest BCUT2D eigenvalue weighted by molar-refractivity contribution is -0.112. The highest BCUT2D eigenvalue weighted by molar-refractivity contribution is 6.31. The summed E-state index contributed by atoms with van der Waals surface area (Å²) in [6.45, 7) is 3.74. The van der Waals surface area contributed by atoms with Gasteiger partial charge in [0.1, 0.15) is 11.6 Å². The molecule has 0 aliphatic rings. The highest BCUT2D eigenvalue weighted by atomic mass is 35.5. The number of carbonyl (C=O) groups is 1. The van der Waals surface area contributed by atoms with Crippen molar-refractivity contribution in [3.05, 3.63) is 69.8 Å². The fourth-order valence-electron chi connectivity index (χ4n) is 1.99. The number of nitrogens with one attached hydrogen (secondary N) is 1. The van der Waals surface area contributed by atoms with Crippen molar-refractivity contribution in [2.45, 2.75) is 13.8 Å². The Labute approximate surface area is 134 Å². The van der Waals surface area contributed by atoms with Crippen LogP contribution in [0.4, 0.5) is 5.69 Å². The van der Waals surface area contributed by atoms with Crippen molar-refractivity contribution in [3.8, 4) is 6.07 Å². The summed E-state index contributed by atoms with van der Waals surface area (Å²) in [5, 5.41) is 12.5. The van der Waals surface area contributed by atoms with E-state index in [1.807, 2.05) is 44.2 Å². The lowest BCUT2D eigenvalue weighted by atomic mass is 10.1. The number of halogens is 1. The van der Waals surface area contributed by atoms with Crippen LogP contribution in [-0.4, -0.2) is 5.91 Å². The maximum atomic E-state index is 12.3. The number of amides is 1. The van der Waals surface area contributed by atoms with Gasteiger partial charge in [0.2, 0.25) is 0 Å². The standard InChI is InChI=1S/C18H15ClN2O/c1-12-6-3-4-7-14(12)10-15(11-20)18(22)21-17-9-5-8-16(19)13(17)2/h3-10H,1-2H3,(H,21,22)/b15-10+. The van der Waals surface area contributed by atoms with Gasteiger partial charge in [0.25, 0.3) is 5.91 Å². The highest BCUT2D eigenvalue weighted by Crippen LogP contribution is 2.23. The van der Waals surface area contributed by atoms with Crippen LogP contribution >= 0.6 is 11.6 Å². The van der Waals surface area contributed by atoms with Gasteiger partial charge in [-0.3, -0.25) is 4.79 Å². The molecule has 2 rings (SSSR count).